The highest BCUT2D eigenvalue weighted by Gasteiger charge is 2.04. The Hall–Kier alpha value is -1.36. The molecule has 0 atom stereocenters. The molecular weight excluding hydrogens is 250 g/mol. The van der Waals surface area contributed by atoms with Crippen molar-refractivity contribution >= 4 is 11.6 Å². The summed E-state index contributed by atoms with van der Waals surface area (Å²) in [5.74, 6) is 0. The van der Waals surface area contributed by atoms with Crippen LogP contribution in [0.3, 0.4) is 0 Å². The Morgan fingerprint density at radius 2 is 2.22 bits per heavy atom. The van der Waals surface area contributed by atoms with Gasteiger partial charge in [0.2, 0.25) is 0 Å². The maximum atomic E-state index is 5.89. The molecule has 0 bridgehead atoms. The van der Waals surface area contributed by atoms with Gasteiger partial charge in [-0.15, -0.1) is 0 Å². The third kappa shape index (κ3) is 3.32. The third-order valence-electron chi connectivity index (χ3n) is 2.59. The normalized spacial score (nSPS) is 10.8. The minimum Gasteiger partial charge on any atom is -0.383 e. The number of hydrogen-bond donors (Lipinski definition) is 1. The molecule has 2 aromatic rings. The summed E-state index contributed by atoms with van der Waals surface area (Å²) in [4.78, 5) is 0. The van der Waals surface area contributed by atoms with Gasteiger partial charge < -0.3 is 10.1 Å². The van der Waals surface area contributed by atoms with Crippen molar-refractivity contribution in [1.29, 1.82) is 0 Å². The van der Waals surface area contributed by atoms with Crippen LogP contribution in [0.4, 0.5) is 0 Å². The van der Waals surface area contributed by atoms with Gasteiger partial charge in [-0.1, -0.05) is 29.8 Å². The van der Waals surface area contributed by atoms with Crippen molar-refractivity contribution in [3.8, 4) is 5.69 Å². The van der Waals surface area contributed by atoms with E-state index in [1.54, 1.807) is 24.2 Å². The van der Waals surface area contributed by atoms with Crippen LogP contribution < -0.4 is 5.32 Å². The number of methoxy groups -OCH3 is 1. The van der Waals surface area contributed by atoms with Crippen LogP contribution in [0.25, 0.3) is 5.69 Å². The fourth-order valence-electron chi connectivity index (χ4n) is 1.71. The summed E-state index contributed by atoms with van der Waals surface area (Å²) >= 11 is 5.89. The molecule has 0 aliphatic carbocycles. The molecule has 96 valence electrons. The Balaban J connectivity index is 2.10. The molecule has 0 aliphatic rings. The van der Waals surface area contributed by atoms with E-state index in [-0.39, 0.29) is 0 Å². The Kier molecular flexibility index (Phi) is 4.75. The smallest absolute Gasteiger partial charge is 0.0790 e. The number of benzene rings is 1. The first kappa shape index (κ1) is 13.1. The summed E-state index contributed by atoms with van der Waals surface area (Å²) in [6.45, 7) is 2.30. The fraction of sp³-hybridized carbons (Fsp3) is 0.308. The van der Waals surface area contributed by atoms with Crippen LogP contribution in [0.5, 0.6) is 0 Å². The van der Waals surface area contributed by atoms with Crippen LogP contribution in [-0.2, 0) is 11.3 Å². The van der Waals surface area contributed by atoms with Gasteiger partial charge in [0.15, 0.2) is 0 Å². The number of hydrogen-bond acceptors (Lipinski definition) is 3. The second-order valence-electron chi connectivity index (χ2n) is 3.90. The summed E-state index contributed by atoms with van der Waals surface area (Å²) in [7, 11) is 1.70. The van der Waals surface area contributed by atoms with Gasteiger partial charge in [-0.05, 0) is 11.6 Å². The predicted octanol–water partition coefficient (Wildman–Crippen LogP) is 2.26. The molecule has 0 saturated carbocycles. The van der Waals surface area contributed by atoms with Gasteiger partial charge in [0, 0.05) is 26.4 Å². The van der Waals surface area contributed by atoms with E-state index in [0.717, 1.165) is 18.8 Å². The average molecular weight is 266 g/mol. The molecule has 0 fully saturated rings. The number of rotatable bonds is 6. The maximum absolute atomic E-state index is 5.89. The lowest BCUT2D eigenvalue weighted by molar-refractivity contribution is 0.199. The lowest BCUT2D eigenvalue weighted by atomic mass is 10.2. The van der Waals surface area contributed by atoms with Gasteiger partial charge in [0.25, 0.3) is 0 Å². The van der Waals surface area contributed by atoms with E-state index in [2.05, 4.69) is 16.5 Å². The number of para-hydroxylation sites is 1. The second kappa shape index (κ2) is 6.54. The standard InChI is InChI=1S/C13H16ClN3O/c1-18-7-6-15-8-11-4-2-3-5-13(11)17-10-12(14)9-16-17/h2-5,9-10,15H,6-8H2,1H3. The first-order valence-electron chi connectivity index (χ1n) is 5.79. The lowest BCUT2D eigenvalue weighted by Crippen LogP contribution is -2.19. The van der Waals surface area contributed by atoms with E-state index in [0.29, 0.717) is 11.6 Å². The number of ether oxygens (including phenoxy) is 1. The topological polar surface area (TPSA) is 39.1 Å². The van der Waals surface area contributed by atoms with E-state index in [4.69, 9.17) is 16.3 Å². The summed E-state index contributed by atoms with van der Waals surface area (Å²) < 4.78 is 6.79. The van der Waals surface area contributed by atoms with Gasteiger partial charge in [0.05, 0.1) is 23.5 Å². The average Bonchev–Trinajstić information content (AvgIpc) is 2.82. The molecular formula is C13H16ClN3O. The van der Waals surface area contributed by atoms with Crippen LogP contribution in [0.2, 0.25) is 5.02 Å². The summed E-state index contributed by atoms with van der Waals surface area (Å²) in [6, 6.07) is 8.10. The van der Waals surface area contributed by atoms with Crippen LogP contribution in [0.15, 0.2) is 36.7 Å². The number of nitrogens with zero attached hydrogens (tertiary/aromatic N) is 2. The van der Waals surface area contributed by atoms with Crippen molar-refractivity contribution in [3.63, 3.8) is 0 Å². The van der Waals surface area contributed by atoms with E-state index < -0.39 is 0 Å². The quantitative estimate of drug-likeness (QED) is 0.815. The zero-order valence-electron chi connectivity index (χ0n) is 10.3. The first-order chi connectivity index (χ1) is 8.81. The molecule has 1 aromatic carbocycles. The lowest BCUT2D eigenvalue weighted by Gasteiger charge is -2.10. The SMILES string of the molecule is COCCNCc1ccccc1-n1cc(Cl)cn1. The summed E-state index contributed by atoms with van der Waals surface area (Å²) in [5, 5.41) is 8.18. The second-order valence-corrected chi connectivity index (χ2v) is 4.34. The molecule has 1 aromatic heterocycles. The highest BCUT2D eigenvalue weighted by molar-refractivity contribution is 6.30. The summed E-state index contributed by atoms with van der Waals surface area (Å²) in [5.41, 5.74) is 2.21. The molecule has 0 aliphatic heterocycles. The highest BCUT2D eigenvalue weighted by atomic mass is 35.5. The van der Waals surface area contributed by atoms with Crippen LogP contribution in [0, 0.1) is 0 Å². The van der Waals surface area contributed by atoms with Crippen LogP contribution in [0.1, 0.15) is 5.56 Å². The highest BCUT2D eigenvalue weighted by Crippen LogP contribution is 2.16. The van der Waals surface area contributed by atoms with Crippen LogP contribution in [-0.4, -0.2) is 30.0 Å². The zero-order valence-corrected chi connectivity index (χ0v) is 11.0. The van der Waals surface area contributed by atoms with Crippen molar-refractivity contribution in [3.05, 3.63) is 47.2 Å². The van der Waals surface area contributed by atoms with E-state index >= 15 is 0 Å². The zero-order chi connectivity index (χ0) is 12.8. The molecule has 4 nitrogen and oxygen atoms in total. The fourth-order valence-corrected chi connectivity index (χ4v) is 1.85. The van der Waals surface area contributed by atoms with E-state index in [1.807, 2.05) is 18.2 Å². The van der Waals surface area contributed by atoms with Crippen molar-refractivity contribution in [2.75, 3.05) is 20.3 Å². The molecule has 0 spiro atoms. The minimum atomic E-state index is 0.636. The molecule has 0 radical (unpaired) electrons. The Morgan fingerprint density at radius 3 is 2.94 bits per heavy atom. The largest absolute Gasteiger partial charge is 0.383 e. The molecule has 0 unspecified atom stereocenters. The van der Waals surface area contributed by atoms with Crippen LogP contribution >= 0.6 is 11.6 Å². The van der Waals surface area contributed by atoms with Gasteiger partial charge in [-0.3, -0.25) is 0 Å². The van der Waals surface area contributed by atoms with E-state index in [1.165, 1.54) is 5.56 Å². The van der Waals surface area contributed by atoms with Crippen molar-refractivity contribution in [1.82, 2.24) is 15.1 Å². The monoisotopic (exact) mass is 265 g/mol. The predicted molar refractivity (Wildman–Crippen MR) is 72.2 cm³/mol. The van der Waals surface area contributed by atoms with Gasteiger partial charge in [0.1, 0.15) is 0 Å². The van der Waals surface area contributed by atoms with Crippen molar-refractivity contribution in [2.24, 2.45) is 0 Å². The van der Waals surface area contributed by atoms with Crippen molar-refractivity contribution in [2.45, 2.75) is 6.54 Å². The van der Waals surface area contributed by atoms with E-state index in [9.17, 15) is 0 Å². The number of halogens is 1. The molecule has 18 heavy (non-hydrogen) atoms. The molecule has 0 amide bonds. The molecule has 2 rings (SSSR count). The maximum Gasteiger partial charge on any atom is 0.0790 e. The summed E-state index contributed by atoms with van der Waals surface area (Å²) in [6.07, 6.45) is 3.44. The minimum absolute atomic E-state index is 0.636. The Bertz CT molecular complexity index is 498. The molecule has 1 N–H and O–H groups in total. The molecule has 0 saturated heterocycles. The molecule has 1 heterocycles. The third-order valence-corrected chi connectivity index (χ3v) is 2.78. The molecule has 5 heteroatoms. The number of aromatic nitrogens is 2. The van der Waals surface area contributed by atoms with Gasteiger partial charge >= 0.3 is 0 Å². The Morgan fingerprint density at radius 1 is 1.39 bits per heavy atom. The Labute approximate surface area is 112 Å². The van der Waals surface area contributed by atoms with Crippen molar-refractivity contribution < 1.29 is 4.74 Å². The first-order valence-corrected chi connectivity index (χ1v) is 6.17. The van der Waals surface area contributed by atoms with Gasteiger partial charge in [-0.25, -0.2) is 4.68 Å². The number of nitrogens with one attached hydrogen (secondary N) is 1. The van der Waals surface area contributed by atoms with Gasteiger partial charge in [-0.2, -0.15) is 5.10 Å².